The van der Waals surface area contributed by atoms with E-state index < -0.39 is 0 Å². The van der Waals surface area contributed by atoms with Gasteiger partial charge in [-0.3, -0.25) is 0 Å². The predicted molar refractivity (Wildman–Crippen MR) is 76.7 cm³/mol. The van der Waals surface area contributed by atoms with E-state index in [0.29, 0.717) is 19.0 Å². The second-order valence-corrected chi connectivity index (χ2v) is 5.09. The summed E-state index contributed by atoms with van der Waals surface area (Å²) in [6.45, 7) is 5.44. The summed E-state index contributed by atoms with van der Waals surface area (Å²) in [5.74, 6) is 2.13. The van der Waals surface area contributed by atoms with Crippen molar-refractivity contribution in [3.05, 3.63) is 23.8 Å². The summed E-state index contributed by atoms with van der Waals surface area (Å²) < 4.78 is 10.5. The molecule has 0 aliphatic heterocycles. The van der Waals surface area contributed by atoms with Crippen molar-refractivity contribution >= 4 is 0 Å². The van der Waals surface area contributed by atoms with Crippen molar-refractivity contribution in [1.82, 2.24) is 5.32 Å². The number of aliphatic hydroxyl groups is 1. The number of hydrogen-bond acceptors (Lipinski definition) is 4. The van der Waals surface area contributed by atoms with Gasteiger partial charge in [-0.05, 0) is 30.5 Å². The van der Waals surface area contributed by atoms with Gasteiger partial charge in [-0.2, -0.15) is 0 Å². The molecular formula is C15H25NO3. The van der Waals surface area contributed by atoms with Crippen LogP contribution >= 0.6 is 0 Å². The molecule has 0 radical (unpaired) electrons. The fraction of sp³-hybridized carbons (Fsp3) is 0.600. The van der Waals surface area contributed by atoms with Crippen molar-refractivity contribution in [2.75, 3.05) is 20.8 Å². The Balaban J connectivity index is 2.51. The average molecular weight is 267 g/mol. The van der Waals surface area contributed by atoms with Gasteiger partial charge in [0.1, 0.15) is 11.5 Å². The highest BCUT2D eigenvalue weighted by atomic mass is 16.5. The SMILES string of the molecule is COc1ccc(OC)c(CNCC(O)CC(C)C)c1. The number of nitrogens with one attached hydrogen (secondary N) is 1. The van der Waals surface area contributed by atoms with Gasteiger partial charge < -0.3 is 19.9 Å². The van der Waals surface area contributed by atoms with Crippen LogP contribution in [0.15, 0.2) is 18.2 Å². The Morgan fingerprint density at radius 3 is 2.53 bits per heavy atom. The van der Waals surface area contributed by atoms with E-state index in [1.807, 2.05) is 18.2 Å². The zero-order chi connectivity index (χ0) is 14.3. The van der Waals surface area contributed by atoms with E-state index in [0.717, 1.165) is 23.5 Å². The molecule has 19 heavy (non-hydrogen) atoms. The van der Waals surface area contributed by atoms with E-state index in [1.54, 1.807) is 14.2 Å². The molecule has 4 nitrogen and oxygen atoms in total. The molecule has 0 heterocycles. The summed E-state index contributed by atoms with van der Waals surface area (Å²) in [6.07, 6.45) is 0.499. The molecule has 2 N–H and O–H groups in total. The number of benzene rings is 1. The molecule has 0 fully saturated rings. The molecule has 0 aliphatic rings. The predicted octanol–water partition coefficient (Wildman–Crippen LogP) is 2.20. The maximum atomic E-state index is 9.81. The third-order valence-corrected chi connectivity index (χ3v) is 2.93. The van der Waals surface area contributed by atoms with Gasteiger partial charge in [-0.1, -0.05) is 13.8 Å². The molecule has 1 aromatic carbocycles. The van der Waals surface area contributed by atoms with E-state index in [4.69, 9.17) is 9.47 Å². The molecule has 4 heteroatoms. The van der Waals surface area contributed by atoms with Crippen LogP contribution in [-0.2, 0) is 6.54 Å². The zero-order valence-corrected chi connectivity index (χ0v) is 12.3. The molecule has 0 spiro atoms. The molecule has 1 unspecified atom stereocenters. The first-order valence-electron chi connectivity index (χ1n) is 6.66. The van der Waals surface area contributed by atoms with Crippen molar-refractivity contribution in [1.29, 1.82) is 0 Å². The molecule has 0 aromatic heterocycles. The fourth-order valence-electron chi connectivity index (χ4n) is 2.02. The molecule has 0 amide bonds. The van der Waals surface area contributed by atoms with Gasteiger partial charge in [-0.25, -0.2) is 0 Å². The Bertz CT molecular complexity index is 380. The van der Waals surface area contributed by atoms with Gasteiger partial charge in [-0.15, -0.1) is 0 Å². The first kappa shape index (κ1) is 15.8. The second kappa shape index (κ2) is 8.02. The molecule has 1 rings (SSSR count). The van der Waals surface area contributed by atoms with Crippen LogP contribution in [0.4, 0.5) is 0 Å². The summed E-state index contributed by atoms with van der Waals surface area (Å²) in [7, 11) is 3.30. The Labute approximate surface area is 115 Å². The van der Waals surface area contributed by atoms with E-state index in [1.165, 1.54) is 0 Å². The molecule has 0 saturated heterocycles. The Hall–Kier alpha value is -1.26. The number of aliphatic hydroxyl groups excluding tert-OH is 1. The highest BCUT2D eigenvalue weighted by Gasteiger charge is 2.08. The summed E-state index contributed by atoms with van der Waals surface area (Å²) in [6, 6.07) is 5.71. The van der Waals surface area contributed by atoms with E-state index >= 15 is 0 Å². The lowest BCUT2D eigenvalue weighted by Crippen LogP contribution is -2.27. The van der Waals surface area contributed by atoms with Crippen molar-refractivity contribution in [2.24, 2.45) is 5.92 Å². The minimum absolute atomic E-state index is 0.309. The van der Waals surface area contributed by atoms with Crippen molar-refractivity contribution in [3.8, 4) is 11.5 Å². The number of ether oxygens (including phenoxy) is 2. The highest BCUT2D eigenvalue weighted by Crippen LogP contribution is 2.23. The number of hydrogen-bond donors (Lipinski definition) is 2. The van der Waals surface area contributed by atoms with Crippen molar-refractivity contribution in [3.63, 3.8) is 0 Å². The third-order valence-electron chi connectivity index (χ3n) is 2.93. The Morgan fingerprint density at radius 2 is 1.95 bits per heavy atom. The summed E-state index contributed by atoms with van der Waals surface area (Å²) in [4.78, 5) is 0. The monoisotopic (exact) mass is 267 g/mol. The molecule has 0 saturated carbocycles. The van der Waals surface area contributed by atoms with Crippen LogP contribution in [0.25, 0.3) is 0 Å². The smallest absolute Gasteiger partial charge is 0.123 e. The Morgan fingerprint density at radius 1 is 1.21 bits per heavy atom. The van der Waals surface area contributed by atoms with Crippen molar-refractivity contribution in [2.45, 2.75) is 32.9 Å². The molecule has 1 atom stereocenters. The maximum Gasteiger partial charge on any atom is 0.123 e. The third kappa shape index (κ3) is 5.49. The first-order chi connectivity index (χ1) is 9.06. The standard InChI is InChI=1S/C15H25NO3/c1-11(2)7-13(17)10-16-9-12-8-14(18-3)5-6-15(12)19-4/h5-6,8,11,13,16-17H,7,9-10H2,1-4H3. The molecular weight excluding hydrogens is 242 g/mol. The molecule has 0 aliphatic carbocycles. The number of rotatable bonds is 8. The minimum atomic E-state index is -0.309. The summed E-state index contributed by atoms with van der Waals surface area (Å²) in [5.41, 5.74) is 1.03. The van der Waals surface area contributed by atoms with Crippen LogP contribution in [0, 0.1) is 5.92 Å². The van der Waals surface area contributed by atoms with E-state index in [-0.39, 0.29) is 6.10 Å². The quantitative estimate of drug-likeness (QED) is 0.758. The average Bonchev–Trinajstić information content (AvgIpc) is 2.37. The maximum absolute atomic E-state index is 9.81. The van der Waals surface area contributed by atoms with Gasteiger partial charge in [0.05, 0.1) is 20.3 Å². The minimum Gasteiger partial charge on any atom is -0.497 e. The normalized spacial score (nSPS) is 12.5. The number of methoxy groups -OCH3 is 2. The molecule has 0 bridgehead atoms. The summed E-state index contributed by atoms with van der Waals surface area (Å²) >= 11 is 0. The van der Waals surface area contributed by atoms with Crippen LogP contribution < -0.4 is 14.8 Å². The van der Waals surface area contributed by atoms with Gasteiger partial charge in [0.2, 0.25) is 0 Å². The largest absolute Gasteiger partial charge is 0.497 e. The topological polar surface area (TPSA) is 50.7 Å². The zero-order valence-electron chi connectivity index (χ0n) is 12.3. The lowest BCUT2D eigenvalue weighted by atomic mass is 10.1. The second-order valence-electron chi connectivity index (χ2n) is 5.09. The fourth-order valence-corrected chi connectivity index (χ4v) is 2.02. The summed E-state index contributed by atoms with van der Waals surface area (Å²) in [5, 5.41) is 13.1. The Kier molecular flexibility index (Phi) is 6.67. The first-order valence-corrected chi connectivity index (χ1v) is 6.66. The van der Waals surface area contributed by atoms with Crippen LogP contribution in [0.3, 0.4) is 0 Å². The van der Waals surface area contributed by atoms with Gasteiger partial charge in [0.15, 0.2) is 0 Å². The highest BCUT2D eigenvalue weighted by molar-refractivity contribution is 5.40. The lowest BCUT2D eigenvalue weighted by Gasteiger charge is -2.15. The van der Waals surface area contributed by atoms with Crippen LogP contribution in [-0.4, -0.2) is 32.0 Å². The van der Waals surface area contributed by atoms with Gasteiger partial charge in [0.25, 0.3) is 0 Å². The van der Waals surface area contributed by atoms with Gasteiger partial charge >= 0.3 is 0 Å². The van der Waals surface area contributed by atoms with Gasteiger partial charge in [0, 0.05) is 18.7 Å². The van der Waals surface area contributed by atoms with Crippen LogP contribution in [0.5, 0.6) is 11.5 Å². The molecule has 1 aromatic rings. The van der Waals surface area contributed by atoms with Crippen molar-refractivity contribution < 1.29 is 14.6 Å². The van der Waals surface area contributed by atoms with Crippen LogP contribution in [0.1, 0.15) is 25.8 Å². The van der Waals surface area contributed by atoms with E-state index in [2.05, 4.69) is 19.2 Å². The molecule has 108 valence electrons. The van der Waals surface area contributed by atoms with E-state index in [9.17, 15) is 5.11 Å². The van der Waals surface area contributed by atoms with Crippen LogP contribution in [0.2, 0.25) is 0 Å². The lowest BCUT2D eigenvalue weighted by molar-refractivity contribution is 0.146.